The van der Waals surface area contributed by atoms with Crippen LogP contribution in [0.2, 0.25) is 0 Å². The Balaban J connectivity index is 2.00. The fraction of sp³-hybridized carbons (Fsp3) is 1.00. The summed E-state index contributed by atoms with van der Waals surface area (Å²) in [6, 6.07) is 1.45. The fourth-order valence-electron chi connectivity index (χ4n) is 3.78. The second kappa shape index (κ2) is 5.89. The molecule has 1 aliphatic carbocycles. The zero-order valence-electron chi connectivity index (χ0n) is 12.4. The normalized spacial score (nSPS) is 41.8. The molecule has 0 aromatic rings. The van der Waals surface area contributed by atoms with Crippen molar-refractivity contribution >= 4 is 0 Å². The molecule has 0 aromatic carbocycles. The van der Waals surface area contributed by atoms with Crippen LogP contribution in [0.4, 0.5) is 0 Å². The van der Waals surface area contributed by atoms with Gasteiger partial charge in [-0.25, -0.2) is 0 Å². The first-order valence-electron chi connectivity index (χ1n) is 7.59. The van der Waals surface area contributed by atoms with Crippen molar-refractivity contribution < 1.29 is 4.74 Å². The smallest absolute Gasteiger partial charge is 0.0703 e. The lowest BCUT2D eigenvalue weighted by molar-refractivity contribution is 0.0395. The molecule has 2 rings (SSSR count). The first kappa shape index (κ1) is 14.3. The molecule has 1 aliphatic heterocycles. The van der Waals surface area contributed by atoms with Gasteiger partial charge in [-0.05, 0) is 51.5 Å². The molecule has 18 heavy (non-hydrogen) atoms. The van der Waals surface area contributed by atoms with Crippen LogP contribution >= 0.6 is 0 Å². The lowest BCUT2D eigenvalue weighted by Gasteiger charge is -2.43. The molecule has 0 radical (unpaired) electrons. The third-order valence-corrected chi connectivity index (χ3v) is 5.23. The van der Waals surface area contributed by atoms with Crippen LogP contribution in [0.25, 0.3) is 0 Å². The molecule has 1 saturated carbocycles. The maximum Gasteiger partial charge on any atom is 0.0703 e. The second-order valence-corrected chi connectivity index (χ2v) is 6.65. The molecule has 1 saturated heterocycles. The van der Waals surface area contributed by atoms with Gasteiger partial charge < -0.3 is 10.5 Å². The molecule has 5 unspecified atom stereocenters. The Hall–Kier alpha value is -0.120. The minimum absolute atomic E-state index is 0.345. The van der Waals surface area contributed by atoms with E-state index in [1.54, 1.807) is 0 Å². The van der Waals surface area contributed by atoms with Crippen molar-refractivity contribution in [1.29, 1.82) is 0 Å². The number of likely N-dealkylation sites (N-methyl/N-ethyl adjacent to an activating group) is 1. The van der Waals surface area contributed by atoms with Gasteiger partial charge >= 0.3 is 0 Å². The minimum Gasteiger partial charge on any atom is -0.377 e. The van der Waals surface area contributed by atoms with Gasteiger partial charge in [0.15, 0.2) is 0 Å². The van der Waals surface area contributed by atoms with Gasteiger partial charge in [0.25, 0.3) is 0 Å². The van der Waals surface area contributed by atoms with E-state index in [9.17, 15) is 0 Å². The summed E-state index contributed by atoms with van der Waals surface area (Å²) in [5.41, 5.74) is 6.37. The van der Waals surface area contributed by atoms with Gasteiger partial charge in [-0.3, -0.25) is 4.90 Å². The average molecular weight is 254 g/mol. The molecule has 0 amide bonds. The molecule has 5 atom stereocenters. The Kier molecular flexibility index (Phi) is 4.68. The van der Waals surface area contributed by atoms with E-state index in [4.69, 9.17) is 10.5 Å². The van der Waals surface area contributed by atoms with Gasteiger partial charge in [0, 0.05) is 24.7 Å². The summed E-state index contributed by atoms with van der Waals surface area (Å²) in [4.78, 5) is 2.52. The van der Waals surface area contributed by atoms with Crippen LogP contribution in [0.1, 0.15) is 46.5 Å². The number of hydrogen-bond acceptors (Lipinski definition) is 3. The zero-order valence-corrected chi connectivity index (χ0v) is 12.4. The van der Waals surface area contributed by atoms with Crippen molar-refractivity contribution in [3.63, 3.8) is 0 Å². The van der Waals surface area contributed by atoms with Crippen LogP contribution in [-0.4, -0.2) is 42.8 Å². The Morgan fingerprint density at radius 3 is 2.44 bits per heavy atom. The topological polar surface area (TPSA) is 38.5 Å². The summed E-state index contributed by atoms with van der Waals surface area (Å²) in [5.74, 6) is 1.63. The van der Waals surface area contributed by atoms with Crippen molar-refractivity contribution in [1.82, 2.24) is 4.90 Å². The lowest BCUT2D eigenvalue weighted by atomic mass is 9.76. The van der Waals surface area contributed by atoms with E-state index >= 15 is 0 Å². The van der Waals surface area contributed by atoms with E-state index in [-0.39, 0.29) is 0 Å². The highest BCUT2D eigenvalue weighted by molar-refractivity contribution is 4.93. The van der Waals surface area contributed by atoms with Crippen LogP contribution < -0.4 is 5.73 Å². The molecule has 0 spiro atoms. The zero-order chi connectivity index (χ0) is 13.3. The number of ether oxygens (including phenoxy) is 1. The van der Waals surface area contributed by atoms with Crippen LogP contribution in [0.15, 0.2) is 0 Å². The Morgan fingerprint density at radius 1 is 1.17 bits per heavy atom. The van der Waals surface area contributed by atoms with Crippen molar-refractivity contribution in [3.8, 4) is 0 Å². The average Bonchev–Trinajstić information content (AvgIpc) is 2.75. The predicted molar refractivity (Wildman–Crippen MR) is 75.5 cm³/mol. The fourth-order valence-corrected chi connectivity index (χ4v) is 3.78. The Morgan fingerprint density at radius 2 is 1.89 bits per heavy atom. The molecule has 2 fully saturated rings. The van der Waals surface area contributed by atoms with Crippen molar-refractivity contribution in [2.75, 3.05) is 13.7 Å². The molecular weight excluding hydrogens is 224 g/mol. The molecule has 106 valence electrons. The largest absolute Gasteiger partial charge is 0.377 e. The summed E-state index contributed by atoms with van der Waals surface area (Å²) in [6.07, 6.45) is 5.27. The summed E-state index contributed by atoms with van der Waals surface area (Å²) in [6.45, 7) is 7.80. The third kappa shape index (κ3) is 2.89. The number of nitrogens with zero attached hydrogens (tertiary/aromatic N) is 1. The first-order chi connectivity index (χ1) is 8.50. The number of rotatable bonds is 3. The third-order valence-electron chi connectivity index (χ3n) is 5.23. The molecule has 1 heterocycles. The molecule has 3 heteroatoms. The van der Waals surface area contributed by atoms with Gasteiger partial charge in [0.1, 0.15) is 0 Å². The SMILES string of the molecule is CC(C)C1CCC(N)C(N(C)C2CCOC2C)C1. The molecule has 2 aliphatic rings. The van der Waals surface area contributed by atoms with Crippen LogP contribution in [0, 0.1) is 11.8 Å². The van der Waals surface area contributed by atoms with Gasteiger partial charge in [-0.15, -0.1) is 0 Å². The van der Waals surface area contributed by atoms with Crippen LogP contribution in [-0.2, 0) is 4.74 Å². The monoisotopic (exact) mass is 254 g/mol. The van der Waals surface area contributed by atoms with E-state index in [0.29, 0.717) is 24.2 Å². The molecule has 0 bridgehead atoms. The summed E-state index contributed by atoms with van der Waals surface area (Å²) in [5, 5.41) is 0. The highest BCUT2D eigenvalue weighted by Crippen LogP contribution is 2.33. The van der Waals surface area contributed by atoms with Gasteiger partial charge in [-0.2, -0.15) is 0 Å². The van der Waals surface area contributed by atoms with E-state index in [1.807, 2.05) is 0 Å². The molecule has 0 aromatic heterocycles. The van der Waals surface area contributed by atoms with E-state index in [0.717, 1.165) is 24.9 Å². The van der Waals surface area contributed by atoms with Crippen molar-refractivity contribution in [2.24, 2.45) is 17.6 Å². The maximum atomic E-state index is 6.37. The van der Waals surface area contributed by atoms with Gasteiger partial charge in [0.2, 0.25) is 0 Å². The van der Waals surface area contributed by atoms with Gasteiger partial charge in [0.05, 0.1) is 6.10 Å². The van der Waals surface area contributed by atoms with Crippen LogP contribution in [0.3, 0.4) is 0 Å². The standard InChI is InChI=1S/C15H30N2O/c1-10(2)12-5-6-13(16)15(9-12)17(4)14-7-8-18-11(14)3/h10-15H,5-9,16H2,1-4H3. The van der Waals surface area contributed by atoms with Crippen LogP contribution in [0.5, 0.6) is 0 Å². The quantitative estimate of drug-likeness (QED) is 0.839. The highest BCUT2D eigenvalue weighted by Gasteiger charge is 2.37. The van der Waals surface area contributed by atoms with Crippen molar-refractivity contribution in [3.05, 3.63) is 0 Å². The summed E-state index contributed by atoms with van der Waals surface area (Å²) >= 11 is 0. The number of nitrogens with two attached hydrogens (primary N) is 1. The summed E-state index contributed by atoms with van der Waals surface area (Å²) < 4.78 is 5.70. The minimum atomic E-state index is 0.345. The number of hydrogen-bond donors (Lipinski definition) is 1. The summed E-state index contributed by atoms with van der Waals surface area (Å²) in [7, 11) is 2.25. The molecular formula is C15H30N2O. The second-order valence-electron chi connectivity index (χ2n) is 6.65. The molecule has 2 N–H and O–H groups in total. The van der Waals surface area contributed by atoms with E-state index in [2.05, 4.69) is 32.7 Å². The van der Waals surface area contributed by atoms with Crippen molar-refractivity contribution in [2.45, 2.75) is 70.7 Å². The van der Waals surface area contributed by atoms with Gasteiger partial charge in [-0.1, -0.05) is 13.8 Å². The predicted octanol–water partition coefficient (Wildman–Crippen LogP) is 2.25. The first-order valence-corrected chi connectivity index (χ1v) is 7.59. The van der Waals surface area contributed by atoms with E-state index in [1.165, 1.54) is 19.3 Å². The maximum absolute atomic E-state index is 6.37. The molecule has 3 nitrogen and oxygen atoms in total. The van der Waals surface area contributed by atoms with E-state index < -0.39 is 0 Å². The Labute approximate surface area is 112 Å². The lowest BCUT2D eigenvalue weighted by Crippen LogP contribution is -2.54. The highest BCUT2D eigenvalue weighted by atomic mass is 16.5. The Bertz CT molecular complexity index is 269.